The molecule has 1 aliphatic carbocycles. The second kappa shape index (κ2) is 7.46. The van der Waals surface area contributed by atoms with Crippen molar-refractivity contribution in [3.63, 3.8) is 0 Å². The molecule has 4 rings (SSSR count). The minimum absolute atomic E-state index is 0.0519. The number of rotatable bonds is 5. The minimum atomic E-state index is -0.340. The number of nitrogens with zero attached hydrogens (tertiary/aromatic N) is 2. The van der Waals surface area contributed by atoms with Gasteiger partial charge in [0.05, 0.1) is 6.61 Å². The van der Waals surface area contributed by atoms with E-state index >= 15 is 0 Å². The van der Waals surface area contributed by atoms with Gasteiger partial charge in [0.25, 0.3) is 0 Å². The summed E-state index contributed by atoms with van der Waals surface area (Å²) >= 11 is 0. The Bertz CT molecular complexity index is 819. The molecule has 0 bridgehead atoms. The van der Waals surface area contributed by atoms with Crippen LogP contribution in [0.5, 0.6) is 5.88 Å². The molecule has 1 fully saturated rings. The number of amides is 1. The maximum Gasteiger partial charge on any atom is 0.407 e. The molecule has 1 amide bonds. The predicted molar refractivity (Wildman–Crippen MR) is 100 cm³/mol. The lowest BCUT2D eigenvalue weighted by molar-refractivity contribution is 0.0981. The Kier molecular flexibility index (Phi) is 4.87. The zero-order chi connectivity index (χ0) is 18.8. The van der Waals surface area contributed by atoms with Crippen LogP contribution < -0.4 is 15.4 Å². The summed E-state index contributed by atoms with van der Waals surface area (Å²) in [5.74, 6) is 2.44. The van der Waals surface area contributed by atoms with Crippen LogP contribution in [-0.4, -0.2) is 40.0 Å². The molecule has 2 aromatic rings. The maximum atomic E-state index is 11.8. The first-order chi connectivity index (χ1) is 13.1. The minimum Gasteiger partial charge on any atom is -0.477 e. The Labute approximate surface area is 158 Å². The lowest BCUT2D eigenvalue weighted by Gasteiger charge is -2.14. The molecule has 0 saturated heterocycles. The summed E-state index contributed by atoms with van der Waals surface area (Å²) in [7, 11) is 0. The fraction of sp³-hybridized carbons (Fsp3) is 0.526. The molecule has 2 atom stereocenters. The highest BCUT2D eigenvalue weighted by Gasteiger charge is 2.30. The molecule has 27 heavy (non-hydrogen) atoms. The Morgan fingerprint density at radius 3 is 3.07 bits per heavy atom. The van der Waals surface area contributed by atoms with E-state index in [1.54, 1.807) is 0 Å². The first kappa shape index (κ1) is 17.6. The highest BCUT2D eigenvalue weighted by Crippen LogP contribution is 2.36. The number of aromatic amines is 1. The smallest absolute Gasteiger partial charge is 0.407 e. The van der Waals surface area contributed by atoms with Crippen LogP contribution in [0, 0.1) is 0 Å². The van der Waals surface area contributed by atoms with Gasteiger partial charge in [0.2, 0.25) is 5.88 Å². The number of nitrogens with one attached hydrogen (secondary N) is 3. The quantitative estimate of drug-likeness (QED) is 0.746. The summed E-state index contributed by atoms with van der Waals surface area (Å²) in [6.07, 6.45) is 3.15. The first-order valence-corrected chi connectivity index (χ1v) is 9.49. The van der Waals surface area contributed by atoms with Crippen LogP contribution in [0.2, 0.25) is 0 Å². The topological polar surface area (TPSA) is 101 Å². The molecule has 0 spiro atoms. The molecule has 3 N–H and O–H groups in total. The van der Waals surface area contributed by atoms with Gasteiger partial charge in [-0.25, -0.2) is 4.79 Å². The van der Waals surface area contributed by atoms with Crippen LogP contribution in [0.3, 0.4) is 0 Å². The molecule has 2 unspecified atom stereocenters. The summed E-state index contributed by atoms with van der Waals surface area (Å²) in [6.45, 7) is 4.53. The number of carbonyl (C=O) groups excluding carboxylic acids is 1. The van der Waals surface area contributed by atoms with E-state index in [0.29, 0.717) is 24.2 Å². The van der Waals surface area contributed by atoms with Gasteiger partial charge in [-0.15, -0.1) is 0 Å². The monoisotopic (exact) mass is 371 g/mol. The van der Waals surface area contributed by atoms with E-state index in [1.807, 2.05) is 32.0 Å². The molecule has 144 valence electrons. The number of ether oxygens (including phenoxy) is 2. The van der Waals surface area contributed by atoms with Crippen molar-refractivity contribution in [1.29, 1.82) is 0 Å². The van der Waals surface area contributed by atoms with Crippen LogP contribution in [0.1, 0.15) is 50.3 Å². The summed E-state index contributed by atoms with van der Waals surface area (Å²) in [4.78, 5) is 16.2. The molecular formula is C19H25N5O3. The molecule has 1 aliphatic heterocycles. The number of anilines is 2. The van der Waals surface area contributed by atoms with Gasteiger partial charge < -0.3 is 20.1 Å². The summed E-state index contributed by atoms with van der Waals surface area (Å²) in [5, 5.41) is 13.4. The standard InChI is InChI=1S/C19H25N5O3/c1-11(2)20-19(25)27-14-5-3-13(9-14)15-10-17(24-23-15)21-16-6-4-12-7-8-26-18(12)22-16/h4,6,10-11,13-14H,3,5,7-9H2,1-2H3,(H,20,25)(H2,21,22,23,24). The maximum absolute atomic E-state index is 11.8. The third-order valence-electron chi connectivity index (χ3n) is 4.91. The zero-order valence-corrected chi connectivity index (χ0v) is 15.6. The van der Waals surface area contributed by atoms with Gasteiger partial charge in [0.1, 0.15) is 11.9 Å². The second-order valence-corrected chi connectivity index (χ2v) is 7.43. The van der Waals surface area contributed by atoms with Gasteiger partial charge in [-0.05, 0) is 45.2 Å². The van der Waals surface area contributed by atoms with Gasteiger partial charge in [0.15, 0.2) is 5.82 Å². The fourth-order valence-electron chi connectivity index (χ4n) is 3.60. The highest BCUT2D eigenvalue weighted by atomic mass is 16.6. The van der Waals surface area contributed by atoms with Crippen LogP contribution in [0.25, 0.3) is 0 Å². The number of fused-ring (bicyclic) bond motifs is 1. The Morgan fingerprint density at radius 1 is 1.33 bits per heavy atom. The molecule has 8 heteroatoms. The molecule has 8 nitrogen and oxygen atoms in total. The van der Waals surface area contributed by atoms with Crippen LogP contribution >= 0.6 is 0 Å². The van der Waals surface area contributed by atoms with Crippen molar-refractivity contribution >= 4 is 17.7 Å². The van der Waals surface area contributed by atoms with Gasteiger partial charge in [-0.2, -0.15) is 10.1 Å². The fourth-order valence-corrected chi connectivity index (χ4v) is 3.60. The van der Waals surface area contributed by atoms with E-state index in [4.69, 9.17) is 9.47 Å². The Hall–Kier alpha value is -2.77. The van der Waals surface area contributed by atoms with E-state index in [9.17, 15) is 4.79 Å². The summed E-state index contributed by atoms with van der Waals surface area (Å²) in [6, 6.07) is 6.05. The normalized spacial score (nSPS) is 21.0. The molecular weight excluding hydrogens is 346 g/mol. The largest absolute Gasteiger partial charge is 0.477 e. The van der Waals surface area contributed by atoms with Crippen LogP contribution in [-0.2, 0) is 11.2 Å². The molecule has 2 aliphatic rings. The number of aromatic nitrogens is 3. The Morgan fingerprint density at radius 2 is 2.22 bits per heavy atom. The van der Waals surface area contributed by atoms with E-state index < -0.39 is 0 Å². The van der Waals surface area contributed by atoms with Crippen molar-refractivity contribution in [3.05, 3.63) is 29.5 Å². The number of hydrogen-bond acceptors (Lipinski definition) is 6. The average molecular weight is 371 g/mol. The van der Waals surface area contributed by atoms with E-state index in [2.05, 4.69) is 25.8 Å². The molecule has 2 aromatic heterocycles. The Balaban J connectivity index is 1.34. The van der Waals surface area contributed by atoms with Crippen molar-refractivity contribution in [2.75, 3.05) is 11.9 Å². The average Bonchev–Trinajstić information content (AvgIpc) is 3.33. The van der Waals surface area contributed by atoms with Crippen LogP contribution in [0.4, 0.5) is 16.4 Å². The lowest BCUT2D eigenvalue weighted by atomic mass is 10.0. The SMILES string of the molecule is CC(C)NC(=O)OC1CCC(c2cc(Nc3ccc4c(n3)OCC4)n[nH]2)C1. The van der Waals surface area contributed by atoms with Crippen molar-refractivity contribution in [1.82, 2.24) is 20.5 Å². The number of hydrogen-bond donors (Lipinski definition) is 3. The van der Waals surface area contributed by atoms with Gasteiger partial charge >= 0.3 is 6.09 Å². The van der Waals surface area contributed by atoms with Crippen molar-refractivity contribution in [3.8, 4) is 5.88 Å². The summed E-state index contributed by atoms with van der Waals surface area (Å²) < 4.78 is 11.0. The zero-order valence-electron chi connectivity index (χ0n) is 15.6. The predicted octanol–water partition coefficient (Wildman–Crippen LogP) is 3.25. The van der Waals surface area contributed by atoms with Gasteiger partial charge in [-0.3, -0.25) is 5.10 Å². The van der Waals surface area contributed by atoms with E-state index in [-0.39, 0.29) is 18.2 Å². The third-order valence-corrected chi connectivity index (χ3v) is 4.91. The number of alkyl carbamates (subject to hydrolysis) is 1. The van der Waals surface area contributed by atoms with Crippen LogP contribution in [0.15, 0.2) is 18.2 Å². The lowest BCUT2D eigenvalue weighted by Crippen LogP contribution is -2.33. The van der Waals surface area contributed by atoms with Gasteiger partial charge in [-0.1, -0.05) is 0 Å². The van der Waals surface area contributed by atoms with Crippen molar-refractivity contribution in [2.24, 2.45) is 0 Å². The second-order valence-electron chi connectivity index (χ2n) is 7.43. The summed E-state index contributed by atoms with van der Waals surface area (Å²) in [5.41, 5.74) is 2.19. The number of H-pyrrole nitrogens is 1. The first-order valence-electron chi connectivity index (χ1n) is 9.49. The van der Waals surface area contributed by atoms with Crippen molar-refractivity contribution in [2.45, 2.75) is 57.6 Å². The molecule has 3 heterocycles. The molecule has 0 radical (unpaired) electrons. The van der Waals surface area contributed by atoms with E-state index in [1.165, 1.54) is 0 Å². The highest BCUT2D eigenvalue weighted by molar-refractivity contribution is 5.67. The molecule has 1 saturated carbocycles. The number of carbonyl (C=O) groups is 1. The van der Waals surface area contributed by atoms with Gasteiger partial charge in [0, 0.05) is 35.7 Å². The molecule has 0 aromatic carbocycles. The van der Waals surface area contributed by atoms with Crippen molar-refractivity contribution < 1.29 is 14.3 Å². The number of pyridine rings is 1. The van der Waals surface area contributed by atoms with E-state index in [0.717, 1.165) is 42.8 Å². The third kappa shape index (κ3) is 4.15.